The summed E-state index contributed by atoms with van der Waals surface area (Å²) in [4.78, 5) is 0. The van der Waals surface area contributed by atoms with Crippen LogP contribution in [0.25, 0.3) is 0 Å². The van der Waals surface area contributed by atoms with Gasteiger partial charge in [-0.25, -0.2) is 0 Å². The Morgan fingerprint density at radius 3 is 2.50 bits per heavy atom. The third kappa shape index (κ3) is 3.24. The highest BCUT2D eigenvalue weighted by atomic mass is 35.5. The first-order chi connectivity index (χ1) is 5.83. The topological polar surface area (TPSA) is 16.6 Å². The standard InChI is InChI=1S/C10H14ClN/c1-12-8-2-3-9-4-6-10(11)7-5-9/h4-7H,1-3,8,12H2. The number of nitrogens with two attached hydrogens (primary N) is 1. The van der Waals surface area contributed by atoms with Crippen LogP contribution in [0.4, 0.5) is 0 Å². The highest BCUT2D eigenvalue weighted by Gasteiger charge is 1.92. The monoisotopic (exact) mass is 183 g/mol. The number of aryl methyl sites for hydroxylation is 1. The summed E-state index contributed by atoms with van der Waals surface area (Å²) >= 11 is 5.76. The average Bonchev–Trinajstić information content (AvgIpc) is 2.09. The first kappa shape index (κ1) is 9.56. The molecule has 0 heterocycles. The van der Waals surface area contributed by atoms with Crippen molar-refractivity contribution in [1.29, 1.82) is 0 Å². The van der Waals surface area contributed by atoms with Gasteiger partial charge in [-0.3, -0.25) is 0 Å². The largest absolute Gasteiger partial charge is 0.479 e. The minimum absolute atomic E-state index is 0.808. The van der Waals surface area contributed by atoms with Gasteiger partial charge >= 0.3 is 0 Å². The maximum Gasteiger partial charge on any atom is 0.0518 e. The molecule has 1 aromatic carbocycles. The van der Waals surface area contributed by atoms with Gasteiger partial charge in [-0.2, -0.15) is 7.05 Å². The fourth-order valence-corrected chi connectivity index (χ4v) is 1.23. The van der Waals surface area contributed by atoms with E-state index in [1.165, 1.54) is 12.0 Å². The van der Waals surface area contributed by atoms with E-state index in [2.05, 4.69) is 19.2 Å². The lowest BCUT2D eigenvalue weighted by Gasteiger charge is -2.01. The van der Waals surface area contributed by atoms with Crippen LogP contribution in [0.15, 0.2) is 24.3 Å². The van der Waals surface area contributed by atoms with Crippen LogP contribution in [0.2, 0.25) is 5.02 Å². The maximum absolute atomic E-state index is 5.76. The Bertz CT molecular complexity index is 218. The fourth-order valence-electron chi connectivity index (χ4n) is 1.10. The van der Waals surface area contributed by atoms with Crippen molar-refractivity contribution in [3.63, 3.8) is 0 Å². The summed E-state index contributed by atoms with van der Waals surface area (Å²) < 4.78 is 0. The average molecular weight is 184 g/mol. The van der Waals surface area contributed by atoms with Crippen LogP contribution < -0.4 is 5.32 Å². The zero-order chi connectivity index (χ0) is 8.81. The quantitative estimate of drug-likeness (QED) is 0.540. The van der Waals surface area contributed by atoms with E-state index >= 15 is 0 Å². The Hall–Kier alpha value is -0.530. The molecule has 0 aromatic heterocycles. The van der Waals surface area contributed by atoms with Crippen LogP contribution in [-0.4, -0.2) is 6.54 Å². The molecule has 0 radical (unpaired) electrons. The lowest BCUT2D eigenvalue weighted by atomic mass is 10.1. The number of hydrogen-bond donors (Lipinski definition) is 1. The van der Waals surface area contributed by atoms with Gasteiger partial charge in [-0.1, -0.05) is 23.7 Å². The summed E-state index contributed by atoms with van der Waals surface area (Å²) in [6.07, 6.45) is 2.29. The zero-order valence-corrected chi connectivity index (χ0v) is 7.85. The van der Waals surface area contributed by atoms with E-state index in [0.717, 1.165) is 18.0 Å². The SMILES string of the molecule is [CH2-][NH2+]CCCc1ccc(Cl)cc1. The third-order valence-corrected chi connectivity index (χ3v) is 2.04. The van der Waals surface area contributed by atoms with Crippen LogP contribution in [0.3, 0.4) is 0 Å². The first-order valence-corrected chi connectivity index (χ1v) is 4.56. The lowest BCUT2D eigenvalue weighted by Crippen LogP contribution is -2.76. The Morgan fingerprint density at radius 2 is 1.92 bits per heavy atom. The molecule has 0 bridgehead atoms. The second-order valence-electron chi connectivity index (χ2n) is 2.81. The highest BCUT2D eigenvalue weighted by molar-refractivity contribution is 6.30. The molecule has 0 spiro atoms. The van der Waals surface area contributed by atoms with Gasteiger partial charge in [-0.05, 0) is 30.5 Å². The number of hydrogen-bond acceptors (Lipinski definition) is 0. The van der Waals surface area contributed by atoms with Crippen molar-refractivity contribution in [2.24, 2.45) is 0 Å². The predicted molar refractivity (Wildman–Crippen MR) is 51.9 cm³/mol. The summed E-state index contributed by atoms with van der Waals surface area (Å²) in [7, 11) is 3.68. The van der Waals surface area contributed by atoms with Gasteiger partial charge < -0.3 is 5.32 Å². The lowest BCUT2D eigenvalue weighted by molar-refractivity contribution is -0.595. The van der Waals surface area contributed by atoms with Gasteiger partial charge in [0.25, 0.3) is 0 Å². The van der Waals surface area contributed by atoms with Crippen molar-refractivity contribution in [1.82, 2.24) is 0 Å². The van der Waals surface area contributed by atoms with Gasteiger partial charge in [0.05, 0.1) is 6.54 Å². The van der Waals surface area contributed by atoms with E-state index < -0.39 is 0 Å². The van der Waals surface area contributed by atoms with E-state index in [-0.39, 0.29) is 0 Å². The Kier molecular flexibility index (Phi) is 4.12. The van der Waals surface area contributed by atoms with E-state index in [9.17, 15) is 0 Å². The van der Waals surface area contributed by atoms with E-state index in [1.54, 1.807) is 0 Å². The molecule has 1 nitrogen and oxygen atoms in total. The molecule has 0 amide bonds. The zero-order valence-electron chi connectivity index (χ0n) is 7.09. The maximum atomic E-state index is 5.76. The molecule has 0 atom stereocenters. The summed E-state index contributed by atoms with van der Waals surface area (Å²) in [5, 5.41) is 2.76. The van der Waals surface area contributed by atoms with Crippen molar-refractivity contribution in [2.75, 3.05) is 6.54 Å². The van der Waals surface area contributed by atoms with Crippen molar-refractivity contribution in [3.8, 4) is 0 Å². The second kappa shape index (κ2) is 5.18. The van der Waals surface area contributed by atoms with Crippen molar-refractivity contribution < 1.29 is 5.32 Å². The van der Waals surface area contributed by atoms with Gasteiger partial charge in [-0.15, -0.1) is 0 Å². The Labute approximate surface area is 78.7 Å². The normalized spacial score (nSPS) is 10.2. The number of halogens is 1. The van der Waals surface area contributed by atoms with Crippen LogP contribution in [0.1, 0.15) is 12.0 Å². The molecule has 0 aliphatic heterocycles. The number of rotatable bonds is 4. The molecule has 0 saturated carbocycles. The van der Waals surface area contributed by atoms with E-state index in [0.29, 0.717) is 0 Å². The molecule has 1 rings (SSSR count). The van der Waals surface area contributed by atoms with Gasteiger partial charge in [0, 0.05) is 5.02 Å². The van der Waals surface area contributed by atoms with Crippen LogP contribution in [-0.2, 0) is 6.42 Å². The van der Waals surface area contributed by atoms with Crippen LogP contribution in [0, 0.1) is 7.05 Å². The molecule has 12 heavy (non-hydrogen) atoms. The summed E-state index contributed by atoms with van der Waals surface area (Å²) in [5.41, 5.74) is 1.35. The Balaban J connectivity index is 2.37. The third-order valence-electron chi connectivity index (χ3n) is 1.79. The number of benzene rings is 1. The van der Waals surface area contributed by atoms with Crippen molar-refractivity contribution >= 4 is 11.6 Å². The summed E-state index contributed by atoms with van der Waals surface area (Å²) in [5.74, 6) is 0. The fraction of sp³-hybridized carbons (Fsp3) is 0.300. The predicted octanol–water partition coefficient (Wildman–Crippen LogP) is 1.63. The van der Waals surface area contributed by atoms with Crippen LogP contribution in [0.5, 0.6) is 0 Å². The molecule has 0 fully saturated rings. The van der Waals surface area contributed by atoms with Gasteiger partial charge in [0.15, 0.2) is 0 Å². The molecular formula is C10H14ClN. The van der Waals surface area contributed by atoms with Crippen molar-refractivity contribution in [3.05, 3.63) is 41.9 Å². The minimum Gasteiger partial charge on any atom is -0.479 e. The molecule has 0 aliphatic carbocycles. The molecule has 0 saturated heterocycles. The van der Waals surface area contributed by atoms with E-state index in [4.69, 9.17) is 11.6 Å². The molecular weight excluding hydrogens is 170 g/mol. The van der Waals surface area contributed by atoms with Crippen LogP contribution >= 0.6 is 11.6 Å². The minimum atomic E-state index is 0.808. The summed E-state index contributed by atoms with van der Waals surface area (Å²) in [6, 6.07) is 8.02. The van der Waals surface area contributed by atoms with E-state index in [1.807, 2.05) is 17.4 Å². The number of quaternary nitrogens is 1. The van der Waals surface area contributed by atoms with Gasteiger partial charge in [0.2, 0.25) is 0 Å². The van der Waals surface area contributed by atoms with Crippen molar-refractivity contribution in [2.45, 2.75) is 12.8 Å². The first-order valence-electron chi connectivity index (χ1n) is 4.18. The van der Waals surface area contributed by atoms with Gasteiger partial charge in [0.1, 0.15) is 0 Å². The molecule has 2 heteroatoms. The molecule has 0 unspecified atom stereocenters. The molecule has 0 aliphatic rings. The molecule has 1 aromatic rings. The smallest absolute Gasteiger partial charge is 0.0518 e. The summed E-state index contributed by atoms with van der Waals surface area (Å²) in [6.45, 7) is 1.09. The Morgan fingerprint density at radius 1 is 1.25 bits per heavy atom. The molecule has 2 N–H and O–H groups in total. The highest BCUT2D eigenvalue weighted by Crippen LogP contribution is 2.10. The second-order valence-corrected chi connectivity index (χ2v) is 3.24. The molecule has 66 valence electrons.